The average Bonchev–Trinajstić information content (AvgIpc) is 2.89. The predicted octanol–water partition coefficient (Wildman–Crippen LogP) is 1.50. The van der Waals surface area contributed by atoms with E-state index in [1.165, 1.54) is 6.07 Å². The van der Waals surface area contributed by atoms with Gasteiger partial charge in [-0.25, -0.2) is 0 Å². The molecule has 1 aliphatic rings. The van der Waals surface area contributed by atoms with Crippen molar-refractivity contribution in [2.45, 2.75) is 25.2 Å². The van der Waals surface area contributed by atoms with Gasteiger partial charge in [-0.2, -0.15) is 0 Å². The molecule has 7 nitrogen and oxygen atoms in total. The second-order valence-corrected chi connectivity index (χ2v) is 5.13. The summed E-state index contributed by atoms with van der Waals surface area (Å²) in [6.45, 7) is 2.64. The number of benzene rings is 1. The maximum absolute atomic E-state index is 11.3. The van der Waals surface area contributed by atoms with Crippen molar-refractivity contribution < 1.29 is 19.5 Å². The van der Waals surface area contributed by atoms with Crippen LogP contribution >= 0.6 is 0 Å². The van der Waals surface area contributed by atoms with Crippen molar-refractivity contribution in [1.82, 2.24) is 0 Å². The molecule has 1 aromatic rings. The zero-order chi connectivity index (χ0) is 15.6. The molecule has 2 unspecified atom stereocenters. The summed E-state index contributed by atoms with van der Waals surface area (Å²) in [4.78, 5) is 12.7. The Morgan fingerprint density at radius 3 is 2.33 bits per heavy atom. The summed E-state index contributed by atoms with van der Waals surface area (Å²) in [5, 5.41) is 20.9. The Morgan fingerprint density at radius 1 is 1.33 bits per heavy atom. The number of anilines is 1. The van der Waals surface area contributed by atoms with Crippen LogP contribution in [0.4, 0.5) is 11.4 Å². The topological polar surface area (TPSA) is 85.1 Å². The van der Waals surface area contributed by atoms with Crippen LogP contribution in [-0.4, -0.2) is 49.5 Å². The van der Waals surface area contributed by atoms with Gasteiger partial charge in [0.2, 0.25) is 0 Å². The average molecular weight is 296 g/mol. The number of hydrogen-bond acceptors (Lipinski definition) is 6. The number of ether oxygens (including phenoxy) is 2. The molecule has 1 fully saturated rings. The normalized spacial score (nSPS) is 23.3. The van der Waals surface area contributed by atoms with E-state index in [0.29, 0.717) is 24.3 Å². The van der Waals surface area contributed by atoms with Gasteiger partial charge in [0.15, 0.2) is 0 Å². The highest BCUT2D eigenvalue weighted by atomic mass is 16.6. The third-order valence-corrected chi connectivity index (χ3v) is 3.84. The largest absolute Gasteiger partial charge is 0.389 e. The van der Waals surface area contributed by atoms with E-state index < -0.39 is 11.0 Å². The van der Waals surface area contributed by atoms with Gasteiger partial charge in [-0.1, -0.05) is 6.07 Å². The highest BCUT2D eigenvalue weighted by Gasteiger charge is 2.35. The number of nitro groups is 1. The lowest BCUT2D eigenvalue weighted by molar-refractivity contribution is -0.384. The van der Waals surface area contributed by atoms with Gasteiger partial charge >= 0.3 is 0 Å². The number of aliphatic hydroxyl groups excluding tert-OH is 1. The standard InChI is InChI=1S/C14H20N2O5/c1-9(17)10-4-5-11(12(6-10)16(18)19)15-7-13(20-2)14(8-15)21-3/h4-6,9,13-14,17H,7-8H2,1-3H3/t9-,13?,14?/m1/s1. The van der Waals surface area contributed by atoms with Gasteiger partial charge in [0.05, 0.1) is 11.0 Å². The molecule has 0 saturated carbocycles. The number of rotatable bonds is 5. The van der Waals surface area contributed by atoms with Crippen LogP contribution in [0.15, 0.2) is 18.2 Å². The van der Waals surface area contributed by atoms with E-state index in [-0.39, 0.29) is 17.9 Å². The van der Waals surface area contributed by atoms with Gasteiger partial charge in [-0.05, 0) is 18.6 Å². The molecule has 0 aromatic heterocycles. The van der Waals surface area contributed by atoms with Crippen LogP contribution in [0.3, 0.4) is 0 Å². The molecule has 0 spiro atoms. The Morgan fingerprint density at radius 2 is 1.90 bits per heavy atom. The minimum atomic E-state index is -0.741. The molecule has 1 heterocycles. The number of nitrogens with zero attached hydrogens (tertiary/aromatic N) is 2. The minimum absolute atomic E-state index is 0.0139. The fourth-order valence-corrected chi connectivity index (χ4v) is 2.61. The SMILES string of the molecule is COC1CN(c2ccc([C@@H](C)O)cc2[N+](=O)[O-])CC1OC. The Balaban J connectivity index is 2.33. The molecule has 3 atom stereocenters. The van der Waals surface area contributed by atoms with Gasteiger partial charge in [0.25, 0.3) is 5.69 Å². The lowest BCUT2D eigenvalue weighted by Crippen LogP contribution is -2.27. The van der Waals surface area contributed by atoms with E-state index in [1.54, 1.807) is 33.3 Å². The molecular weight excluding hydrogens is 276 g/mol. The van der Waals surface area contributed by atoms with Crippen LogP contribution in [0.5, 0.6) is 0 Å². The third-order valence-electron chi connectivity index (χ3n) is 3.84. The Hall–Kier alpha value is -1.70. The number of nitro benzene ring substituents is 1. The van der Waals surface area contributed by atoms with E-state index >= 15 is 0 Å². The van der Waals surface area contributed by atoms with Gasteiger partial charge in [0.1, 0.15) is 17.9 Å². The first-order chi connectivity index (χ1) is 9.97. The fourth-order valence-electron chi connectivity index (χ4n) is 2.61. The Bertz CT molecular complexity index is 508. The summed E-state index contributed by atoms with van der Waals surface area (Å²) in [5.41, 5.74) is 1.03. The fraction of sp³-hybridized carbons (Fsp3) is 0.571. The van der Waals surface area contributed by atoms with Crippen molar-refractivity contribution in [2.24, 2.45) is 0 Å². The second-order valence-electron chi connectivity index (χ2n) is 5.13. The summed E-state index contributed by atoms with van der Waals surface area (Å²) in [6.07, 6.45) is -0.980. The van der Waals surface area contributed by atoms with Crippen molar-refractivity contribution in [2.75, 3.05) is 32.2 Å². The lowest BCUT2D eigenvalue weighted by Gasteiger charge is -2.19. The van der Waals surface area contributed by atoms with Crippen LogP contribution in [0.2, 0.25) is 0 Å². The van der Waals surface area contributed by atoms with Gasteiger partial charge < -0.3 is 19.5 Å². The van der Waals surface area contributed by atoms with Crippen molar-refractivity contribution >= 4 is 11.4 Å². The molecule has 0 aliphatic carbocycles. The van der Waals surface area contributed by atoms with E-state index in [4.69, 9.17) is 9.47 Å². The maximum Gasteiger partial charge on any atom is 0.292 e. The van der Waals surface area contributed by atoms with E-state index in [9.17, 15) is 15.2 Å². The van der Waals surface area contributed by atoms with Crippen LogP contribution in [0.1, 0.15) is 18.6 Å². The smallest absolute Gasteiger partial charge is 0.292 e. The number of methoxy groups -OCH3 is 2. The van der Waals surface area contributed by atoms with Gasteiger partial charge in [-0.15, -0.1) is 0 Å². The maximum atomic E-state index is 11.3. The number of aliphatic hydroxyl groups is 1. The number of hydrogen-bond donors (Lipinski definition) is 1. The zero-order valence-electron chi connectivity index (χ0n) is 12.4. The van der Waals surface area contributed by atoms with Crippen LogP contribution in [0, 0.1) is 10.1 Å². The monoisotopic (exact) mass is 296 g/mol. The second kappa shape index (κ2) is 6.38. The van der Waals surface area contributed by atoms with Crippen molar-refractivity contribution in [1.29, 1.82) is 0 Å². The van der Waals surface area contributed by atoms with Crippen LogP contribution in [-0.2, 0) is 9.47 Å². The van der Waals surface area contributed by atoms with Crippen molar-refractivity contribution in [3.05, 3.63) is 33.9 Å². The van der Waals surface area contributed by atoms with Gasteiger partial charge in [0, 0.05) is 33.4 Å². The quantitative estimate of drug-likeness (QED) is 0.654. The molecule has 1 aliphatic heterocycles. The highest BCUT2D eigenvalue weighted by molar-refractivity contribution is 5.65. The molecule has 7 heteroatoms. The lowest BCUT2D eigenvalue weighted by atomic mass is 10.1. The summed E-state index contributed by atoms with van der Waals surface area (Å²) < 4.78 is 10.7. The molecule has 116 valence electrons. The van der Waals surface area contributed by atoms with Crippen molar-refractivity contribution in [3.63, 3.8) is 0 Å². The molecule has 2 rings (SSSR count). The Kier molecular flexibility index (Phi) is 4.76. The first kappa shape index (κ1) is 15.7. The first-order valence-electron chi connectivity index (χ1n) is 6.74. The summed E-state index contributed by atoms with van der Waals surface area (Å²) >= 11 is 0. The molecule has 1 saturated heterocycles. The summed E-state index contributed by atoms with van der Waals surface area (Å²) in [7, 11) is 3.20. The molecule has 0 bridgehead atoms. The minimum Gasteiger partial charge on any atom is -0.389 e. The highest BCUT2D eigenvalue weighted by Crippen LogP contribution is 2.34. The van der Waals surface area contributed by atoms with Crippen LogP contribution in [0.25, 0.3) is 0 Å². The molecule has 0 amide bonds. The molecular formula is C14H20N2O5. The Labute approximate surface area is 123 Å². The molecule has 0 radical (unpaired) electrons. The van der Waals surface area contributed by atoms with Crippen molar-refractivity contribution in [3.8, 4) is 0 Å². The summed E-state index contributed by atoms with van der Waals surface area (Å²) in [5.74, 6) is 0. The zero-order valence-corrected chi connectivity index (χ0v) is 12.4. The summed E-state index contributed by atoms with van der Waals surface area (Å²) in [6, 6.07) is 4.79. The third kappa shape index (κ3) is 3.15. The van der Waals surface area contributed by atoms with Gasteiger partial charge in [-0.3, -0.25) is 10.1 Å². The van der Waals surface area contributed by atoms with E-state index in [1.807, 2.05) is 4.90 Å². The molecule has 1 aromatic carbocycles. The first-order valence-corrected chi connectivity index (χ1v) is 6.74. The van der Waals surface area contributed by atoms with E-state index in [2.05, 4.69) is 0 Å². The molecule has 21 heavy (non-hydrogen) atoms. The predicted molar refractivity (Wildman–Crippen MR) is 77.5 cm³/mol. The van der Waals surface area contributed by atoms with E-state index in [0.717, 1.165) is 0 Å². The molecule has 1 N–H and O–H groups in total. The van der Waals surface area contributed by atoms with Crippen LogP contribution < -0.4 is 4.90 Å².